The summed E-state index contributed by atoms with van der Waals surface area (Å²) in [5.41, 5.74) is -0.365. The molecule has 4 nitrogen and oxygen atoms in total. The number of unbranched alkanes of at least 4 members (excludes halogenated alkanes) is 1. The molecule has 1 aliphatic heterocycles. The highest BCUT2D eigenvalue weighted by Crippen LogP contribution is 2.48. The molecule has 1 aromatic carbocycles. The summed E-state index contributed by atoms with van der Waals surface area (Å²) >= 11 is 0. The van der Waals surface area contributed by atoms with Crippen LogP contribution in [0.15, 0.2) is 24.3 Å². The molecule has 0 N–H and O–H groups in total. The Morgan fingerprint density at radius 2 is 1.76 bits per heavy atom. The smallest absolute Gasteiger partial charge is 0.313 e. The van der Waals surface area contributed by atoms with Gasteiger partial charge in [0.2, 0.25) is 0 Å². The van der Waals surface area contributed by atoms with Gasteiger partial charge in [-0.3, -0.25) is 4.79 Å². The van der Waals surface area contributed by atoms with E-state index in [1.807, 2.05) is 45.0 Å². The zero-order chi connectivity index (χ0) is 15.5. The van der Waals surface area contributed by atoms with Crippen LogP contribution < -0.4 is 9.47 Å². The third-order valence-corrected chi connectivity index (χ3v) is 3.68. The van der Waals surface area contributed by atoms with E-state index in [-0.39, 0.29) is 17.8 Å². The van der Waals surface area contributed by atoms with Crippen LogP contribution in [0.25, 0.3) is 0 Å². The Hall–Kier alpha value is -1.71. The standard InChI is InChI=1S/C17H24O4/c1-5-6-11-19-15(18)12-17(16(2,3)4)20-13-9-7-8-10-14(13)21-17/h7-10H,5-6,11-12H2,1-4H3. The van der Waals surface area contributed by atoms with Gasteiger partial charge >= 0.3 is 5.97 Å². The maximum atomic E-state index is 12.1. The van der Waals surface area contributed by atoms with Gasteiger partial charge in [0, 0.05) is 5.41 Å². The molecule has 0 radical (unpaired) electrons. The molecule has 4 heteroatoms. The second kappa shape index (κ2) is 5.96. The number of hydrogen-bond donors (Lipinski definition) is 0. The molecule has 0 aliphatic carbocycles. The molecule has 0 spiro atoms. The summed E-state index contributed by atoms with van der Waals surface area (Å²) in [7, 11) is 0. The molecule has 1 heterocycles. The molecule has 0 aromatic heterocycles. The van der Waals surface area contributed by atoms with Crippen LogP contribution in [-0.4, -0.2) is 18.4 Å². The molecule has 21 heavy (non-hydrogen) atoms. The Balaban J connectivity index is 2.13. The molecule has 0 amide bonds. The number of ether oxygens (including phenoxy) is 3. The maximum Gasteiger partial charge on any atom is 0.313 e. The van der Waals surface area contributed by atoms with Crippen LogP contribution in [0.5, 0.6) is 11.5 Å². The normalized spacial score (nSPS) is 15.8. The molecule has 0 saturated carbocycles. The topological polar surface area (TPSA) is 44.8 Å². The summed E-state index contributed by atoms with van der Waals surface area (Å²) < 4.78 is 17.3. The lowest BCUT2D eigenvalue weighted by molar-refractivity contribution is -0.184. The molecule has 0 bridgehead atoms. The largest absolute Gasteiger partial charge is 0.465 e. The van der Waals surface area contributed by atoms with Gasteiger partial charge in [-0.15, -0.1) is 0 Å². The molecule has 0 unspecified atom stereocenters. The minimum absolute atomic E-state index is 0.0783. The molecular weight excluding hydrogens is 268 g/mol. The van der Waals surface area contributed by atoms with Crippen molar-refractivity contribution < 1.29 is 19.0 Å². The fraction of sp³-hybridized carbons (Fsp3) is 0.588. The lowest BCUT2D eigenvalue weighted by Crippen LogP contribution is -2.52. The Morgan fingerprint density at radius 3 is 2.24 bits per heavy atom. The predicted molar refractivity (Wildman–Crippen MR) is 80.4 cm³/mol. The number of rotatable bonds is 5. The number of benzene rings is 1. The lowest BCUT2D eigenvalue weighted by atomic mass is 9.83. The van der Waals surface area contributed by atoms with Crippen LogP contribution >= 0.6 is 0 Å². The predicted octanol–water partition coefficient (Wildman–Crippen LogP) is 3.93. The molecule has 1 aliphatic rings. The molecule has 0 atom stereocenters. The van der Waals surface area contributed by atoms with Gasteiger partial charge < -0.3 is 14.2 Å². The number of para-hydroxylation sites is 2. The van der Waals surface area contributed by atoms with E-state index < -0.39 is 5.79 Å². The number of carbonyl (C=O) groups excluding carboxylic acids is 1. The van der Waals surface area contributed by atoms with Crippen molar-refractivity contribution >= 4 is 5.97 Å². The van der Waals surface area contributed by atoms with E-state index >= 15 is 0 Å². The highest BCUT2D eigenvalue weighted by atomic mass is 16.7. The van der Waals surface area contributed by atoms with Crippen molar-refractivity contribution in [2.24, 2.45) is 5.41 Å². The maximum absolute atomic E-state index is 12.1. The van der Waals surface area contributed by atoms with E-state index in [0.717, 1.165) is 12.8 Å². The Bertz CT molecular complexity index is 477. The number of fused-ring (bicyclic) bond motifs is 1. The minimum atomic E-state index is -1.01. The summed E-state index contributed by atoms with van der Waals surface area (Å²) in [5, 5.41) is 0. The van der Waals surface area contributed by atoms with Crippen molar-refractivity contribution in [3.05, 3.63) is 24.3 Å². The molecule has 2 rings (SSSR count). The van der Waals surface area contributed by atoms with Crippen LogP contribution in [0, 0.1) is 5.41 Å². The molecule has 1 aromatic rings. The summed E-state index contributed by atoms with van der Waals surface area (Å²) in [4.78, 5) is 12.1. The second-order valence-corrected chi connectivity index (χ2v) is 6.40. The summed E-state index contributed by atoms with van der Waals surface area (Å²) in [6.07, 6.45) is 1.95. The fourth-order valence-corrected chi connectivity index (χ4v) is 2.21. The van der Waals surface area contributed by atoms with Gasteiger partial charge in [-0.2, -0.15) is 0 Å². The monoisotopic (exact) mass is 292 g/mol. The van der Waals surface area contributed by atoms with E-state index in [2.05, 4.69) is 6.92 Å². The van der Waals surface area contributed by atoms with Crippen LogP contribution in [0.3, 0.4) is 0 Å². The average Bonchev–Trinajstić information content (AvgIpc) is 2.77. The number of hydrogen-bond acceptors (Lipinski definition) is 4. The Kier molecular flexibility index (Phi) is 4.45. The number of esters is 1. The van der Waals surface area contributed by atoms with Crippen molar-refractivity contribution in [2.75, 3.05) is 6.61 Å². The van der Waals surface area contributed by atoms with Gasteiger partial charge in [-0.05, 0) is 18.6 Å². The third-order valence-electron chi connectivity index (χ3n) is 3.68. The first-order valence-electron chi connectivity index (χ1n) is 7.50. The molecule has 0 fully saturated rings. The zero-order valence-electron chi connectivity index (χ0n) is 13.3. The van der Waals surface area contributed by atoms with Gasteiger partial charge in [0.15, 0.2) is 11.5 Å². The van der Waals surface area contributed by atoms with Gasteiger partial charge in [0.25, 0.3) is 5.79 Å². The van der Waals surface area contributed by atoms with E-state index in [1.165, 1.54) is 0 Å². The van der Waals surface area contributed by atoms with E-state index in [4.69, 9.17) is 14.2 Å². The number of carbonyl (C=O) groups is 1. The Labute approximate surface area is 126 Å². The Morgan fingerprint density at radius 1 is 1.19 bits per heavy atom. The third kappa shape index (κ3) is 3.31. The summed E-state index contributed by atoms with van der Waals surface area (Å²) in [6, 6.07) is 7.48. The van der Waals surface area contributed by atoms with Crippen LogP contribution in [-0.2, 0) is 9.53 Å². The van der Waals surface area contributed by atoms with Gasteiger partial charge in [-0.25, -0.2) is 0 Å². The highest BCUT2D eigenvalue weighted by molar-refractivity contribution is 5.71. The van der Waals surface area contributed by atoms with Crippen LogP contribution in [0.4, 0.5) is 0 Å². The van der Waals surface area contributed by atoms with E-state index in [1.54, 1.807) is 0 Å². The van der Waals surface area contributed by atoms with Gasteiger partial charge in [0.1, 0.15) is 6.42 Å². The summed E-state index contributed by atoms with van der Waals surface area (Å²) in [6.45, 7) is 8.50. The minimum Gasteiger partial charge on any atom is -0.465 e. The highest BCUT2D eigenvalue weighted by Gasteiger charge is 2.53. The van der Waals surface area contributed by atoms with Crippen LogP contribution in [0.2, 0.25) is 0 Å². The summed E-state index contributed by atoms with van der Waals surface area (Å²) in [5.74, 6) is 0.0498. The molecular formula is C17H24O4. The van der Waals surface area contributed by atoms with Crippen molar-refractivity contribution in [1.29, 1.82) is 0 Å². The average molecular weight is 292 g/mol. The first kappa shape index (κ1) is 15.7. The first-order chi connectivity index (χ1) is 9.88. The van der Waals surface area contributed by atoms with Crippen molar-refractivity contribution in [1.82, 2.24) is 0 Å². The van der Waals surface area contributed by atoms with Crippen molar-refractivity contribution in [2.45, 2.75) is 52.7 Å². The zero-order valence-corrected chi connectivity index (χ0v) is 13.3. The van der Waals surface area contributed by atoms with Gasteiger partial charge in [0.05, 0.1) is 6.61 Å². The van der Waals surface area contributed by atoms with Crippen molar-refractivity contribution in [3.63, 3.8) is 0 Å². The van der Waals surface area contributed by atoms with Crippen molar-refractivity contribution in [3.8, 4) is 11.5 Å². The van der Waals surface area contributed by atoms with E-state index in [0.29, 0.717) is 18.1 Å². The quantitative estimate of drug-likeness (QED) is 0.609. The second-order valence-electron chi connectivity index (χ2n) is 6.40. The van der Waals surface area contributed by atoms with Crippen LogP contribution in [0.1, 0.15) is 47.0 Å². The lowest BCUT2D eigenvalue weighted by Gasteiger charge is -2.38. The SMILES string of the molecule is CCCCOC(=O)CC1(C(C)(C)C)Oc2ccccc2O1. The van der Waals surface area contributed by atoms with E-state index in [9.17, 15) is 4.79 Å². The molecule has 116 valence electrons. The first-order valence-corrected chi connectivity index (χ1v) is 7.50. The van der Waals surface area contributed by atoms with Gasteiger partial charge in [-0.1, -0.05) is 46.2 Å². The molecule has 0 saturated heterocycles. The fourth-order valence-electron chi connectivity index (χ4n) is 2.21.